The fraction of sp³-hybridized carbons (Fsp3) is 0.250. The highest BCUT2D eigenvalue weighted by Crippen LogP contribution is 2.61. The molecule has 3 nitrogen and oxygen atoms in total. The summed E-state index contributed by atoms with van der Waals surface area (Å²) in [5, 5.41) is 32.6. The van der Waals surface area contributed by atoms with Gasteiger partial charge in [-0.1, -0.05) is 48.5 Å². The fourth-order valence-electron chi connectivity index (χ4n) is 3.69. The Bertz CT molecular complexity index is 681. The molecule has 2 aliphatic rings. The van der Waals surface area contributed by atoms with Crippen LogP contribution in [0.1, 0.15) is 28.4 Å². The highest BCUT2D eigenvalue weighted by molar-refractivity contribution is 5.55. The zero-order chi connectivity index (χ0) is 13.3. The summed E-state index contributed by atoms with van der Waals surface area (Å²) in [6, 6.07) is 14.5. The molecule has 0 bridgehead atoms. The predicted octanol–water partition coefficient (Wildman–Crippen LogP) is 1.37. The Hall–Kier alpha value is -1.68. The van der Waals surface area contributed by atoms with E-state index >= 15 is 0 Å². The van der Waals surface area contributed by atoms with Crippen LogP contribution in [0, 0.1) is 0 Å². The second-order valence-corrected chi connectivity index (χ2v) is 5.45. The van der Waals surface area contributed by atoms with Crippen LogP contribution in [0.4, 0.5) is 0 Å². The van der Waals surface area contributed by atoms with E-state index in [0.717, 1.165) is 5.56 Å². The first-order valence-corrected chi connectivity index (χ1v) is 6.39. The lowest BCUT2D eigenvalue weighted by atomic mass is 9.82. The second kappa shape index (κ2) is 3.25. The Balaban J connectivity index is 2.05. The smallest absolute Gasteiger partial charge is 0.153 e. The van der Waals surface area contributed by atoms with Gasteiger partial charge < -0.3 is 15.3 Å². The molecule has 0 aromatic heterocycles. The number of fused-ring (bicyclic) bond motifs is 5. The summed E-state index contributed by atoms with van der Waals surface area (Å²) < 4.78 is 0. The number of aliphatic hydroxyl groups is 3. The van der Waals surface area contributed by atoms with Crippen molar-refractivity contribution in [2.24, 2.45) is 0 Å². The van der Waals surface area contributed by atoms with Crippen molar-refractivity contribution in [2.45, 2.75) is 23.7 Å². The molecular weight excluding hydrogens is 240 g/mol. The Morgan fingerprint density at radius 3 is 2.32 bits per heavy atom. The normalized spacial score (nSPS) is 34.8. The number of rotatable bonds is 0. The van der Waals surface area contributed by atoms with Gasteiger partial charge in [0.1, 0.15) is 11.7 Å². The van der Waals surface area contributed by atoms with Gasteiger partial charge in [0.25, 0.3) is 0 Å². The van der Waals surface area contributed by atoms with E-state index in [0.29, 0.717) is 23.1 Å². The van der Waals surface area contributed by atoms with Gasteiger partial charge in [0.15, 0.2) is 5.60 Å². The molecule has 2 aromatic carbocycles. The third-order valence-corrected chi connectivity index (χ3v) is 4.60. The van der Waals surface area contributed by atoms with Gasteiger partial charge in [-0.05, 0) is 22.3 Å². The molecule has 3 atom stereocenters. The molecule has 0 heterocycles. The van der Waals surface area contributed by atoms with E-state index in [4.69, 9.17) is 0 Å². The number of hydrogen-bond donors (Lipinski definition) is 3. The van der Waals surface area contributed by atoms with Gasteiger partial charge in [0.2, 0.25) is 0 Å². The Morgan fingerprint density at radius 2 is 1.53 bits per heavy atom. The van der Waals surface area contributed by atoms with Crippen LogP contribution in [0.3, 0.4) is 0 Å². The first-order valence-electron chi connectivity index (χ1n) is 6.39. The van der Waals surface area contributed by atoms with Crippen molar-refractivity contribution in [1.82, 2.24) is 0 Å². The molecule has 0 aliphatic heterocycles. The van der Waals surface area contributed by atoms with E-state index in [2.05, 4.69) is 0 Å². The van der Waals surface area contributed by atoms with Crippen molar-refractivity contribution in [3.63, 3.8) is 0 Å². The van der Waals surface area contributed by atoms with Crippen LogP contribution < -0.4 is 0 Å². The fourth-order valence-corrected chi connectivity index (χ4v) is 3.69. The maximum Gasteiger partial charge on any atom is 0.153 e. The molecule has 19 heavy (non-hydrogen) atoms. The molecule has 2 aliphatic carbocycles. The van der Waals surface area contributed by atoms with Crippen molar-refractivity contribution in [3.8, 4) is 0 Å². The van der Waals surface area contributed by atoms with Gasteiger partial charge >= 0.3 is 0 Å². The van der Waals surface area contributed by atoms with Gasteiger partial charge in [0, 0.05) is 6.42 Å². The monoisotopic (exact) mass is 254 g/mol. The average Bonchev–Trinajstić information content (AvgIpc) is 2.77. The third-order valence-electron chi connectivity index (χ3n) is 4.60. The zero-order valence-electron chi connectivity index (χ0n) is 10.2. The van der Waals surface area contributed by atoms with Gasteiger partial charge in [0.05, 0.1) is 0 Å². The summed E-state index contributed by atoms with van der Waals surface area (Å²) in [6.07, 6.45) is -0.773. The molecule has 3 heteroatoms. The van der Waals surface area contributed by atoms with Crippen LogP contribution in [0.15, 0.2) is 48.5 Å². The number of benzene rings is 2. The van der Waals surface area contributed by atoms with Crippen LogP contribution in [-0.4, -0.2) is 15.3 Å². The maximum absolute atomic E-state index is 11.0. The second-order valence-electron chi connectivity index (χ2n) is 5.45. The van der Waals surface area contributed by atoms with Crippen LogP contribution >= 0.6 is 0 Å². The average molecular weight is 254 g/mol. The van der Waals surface area contributed by atoms with Crippen molar-refractivity contribution < 1.29 is 15.3 Å². The van der Waals surface area contributed by atoms with E-state index in [9.17, 15) is 15.3 Å². The minimum absolute atomic E-state index is 0.327. The maximum atomic E-state index is 11.0. The molecule has 2 aromatic rings. The topological polar surface area (TPSA) is 60.7 Å². The van der Waals surface area contributed by atoms with Gasteiger partial charge in [-0.15, -0.1) is 0 Å². The van der Waals surface area contributed by atoms with Crippen LogP contribution in [0.2, 0.25) is 0 Å². The molecule has 3 N–H and O–H groups in total. The summed E-state index contributed by atoms with van der Waals surface area (Å²) in [5.41, 5.74) is -0.328. The summed E-state index contributed by atoms with van der Waals surface area (Å²) in [5.74, 6) is 0. The van der Waals surface area contributed by atoms with Crippen LogP contribution in [0.5, 0.6) is 0 Å². The Kier molecular flexibility index (Phi) is 1.91. The van der Waals surface area contributed by atoms with E-state index in [-0.39, 0.29) is 0 Å². The lowest BCUT2D eigenvalue weighted by Gasteiger charge is -2.34. The highest BCUT2D eigenvalue weighted by atomic mass is 16.4. The minimum atomic E-state index is -1.65. The summed E-state index contributed by atoms with van der Waals surface area (Å²) >= 11 is 0. The molecule has 0 unspecified atom stereocenters. The third kappa shape index (κ3) is 1.06. The Morgan fingerprint density at radius 1 is 0.895 bits per heavy atom. The standard InChI is InChI=1S/C16H14O3/c17-14-11-6-2-4-8-13(11)15(18)9-10-5-1-3-7-12(10)16(14,15)19/h1-8,14,17-19H,9H2/t14-,15+,16-/m1/s1. The van der Waals surface area contributed by atoms with Crippen molar-refractivity contribution >= 4 is 0 Å². The van der Waals surface area contributed by atoms with Gasteiger partial charge in [-0.2, -0.15) is 0 Å². The highest BCUT2D eigenvalue weighted by Gasteiger charge is 2.66. The van der Waals surface area contributed by atoms with Gasteiger partial charge in [-0.25, -0.2) is 0 Å². The zero-order valence-corrected chi connectivity index (χ0v) is 10.2. The molecular formula is C16H14O3. The minimum Gasteiger partial charge on any atom is -0.385 e. The summed E-state index contributed by atoms with van der Waals surface area (Å²) in [6.45, 7) is 0. The molecule has 0 saturated heterocycles. The van der Waals surface area contributed by atoms with E-state index in [1.807, 2.05) is 30.3 Å². The van der Waals surface area contributed by atoms with Gasteiger partial charge in [-0.3, -0.25) is 0 Å². The molecule has 0 fully saturated rings. The van der Waals surface area contributed by atoms with E-state index in [1.54, 1.807) is 18.2 Å². The van der Waals surface area contributed by atoms with Crippen molar-refractivity contribution in [2.75, 3.05) is 0 Å². The lowest BCUT2D eigenvalue weighted by molar-refractivity contribution is -0.191. The molecule has 4 rings (SSSR count). The molecule has 0 spiro atoms. The van der Waals surface area contributed by atoms with Crippen molar-refractivity contribution in [3.05, 3.63) is 70.8 Å². The quantitative estimate of drug-likeness (QED) is 0.665. The van der Waals surface area contributed by atoms with Crippen LogP contribution in [-0.2, 0) is 17.6 Å². The van der Waals surface area contributed by atoms with E-state index in [1.165, 1.54) is 0 Å². The Labute approximate surface area is 110 Å². The first kappa shape index (κ1) is 11.2. The van der Waals surface area contributed by atoms with E-state index < -0.39 is 17.3 Å². The van der Waals surface area contributed by atoms with Crippen LogP contribution in [0.25, 0.3) is 0 Å². The molecule has 0 radical (unpaired) electrons. The lowest BCUT2D eigenvalue weighted by Crippen LogP contribution is -2.45. The predicted molar refractivity (Wildman–Crippen MR) is 69.3 cm³/mol. The summed E-state index contributed by atoms with van der Waals surface area (Å²) in [4.78, 5) is 0. The number of aliphatic hydroxyl groups excluding tert-OH is 1. The largest absolute Gasteiger partial charge is 0.385 e. The van der Waals surface area contributed by atoms with Crippen molar-refractivity contribution in [1.29, 1.82) is 0 Å². The molecule has 0 saturated carbocycles. The summed E-state index contributed by atoms with van der Waals surface area (Å²) in [7, 11) is 0. The molecule has 0 amide bonds. The number of hydrogen-bond acceptors (Lipinski definition) is 3. The molecule has 96 valence electrons. The first-order chi connectivity index (χ1) is 9.09. The SMILES string of the molecule is O[C@@H]1c2ccccc2[C@@]2(O)Cc3ccccc3[C@@]12O.